The molecule has 0 saturated heterocycles. The van der Waals surface area contributed by atoms with Crippen LogP contribution in [-0.2, 0) is 12.8 Å². The Balaban J connectivity index is 2.45. The number of hydrogen-bond donors (Lipinski definition) is 3. The molecule has 0 bridgehead atoms. The SMILES string of the molecule is CCCCCCCCc1ccc(CCC(CO)(CO)NC(=O)SSCC)cc1. The van der Waals surface area contributed by atoms with E-state index in [-0.39, 0.29) is 18.5 Å². The van der Waals surface area contributed by atoms with Gasteiger partial charge in [-0.15, -0.1) is 0 Å². The van der Waals surface area contributed by atoms with Crippen molar-refractivity contribution in [3.05, 3.63) is 35.4 Å². The molecule has 0 aliphatic rings. The fourth-order valence-electron chi connectivity index (χ4n) is 3.07. The van der Waals surface area contributed by atoms with Gasteiger partial charge in [-0.25, -0.2) is 0 Å². The molecule has 0 saturated carbocycles. The summed E-state index contributed by atoms with van der Waals surface area (Å²) in [4.78, 5) is 12.0. The standard InChI is InChI=1S/C22H37NO3S2/c1-3-5-6-7-8-9-10-19-11-13-20(14-12-19)15-16-22(17-24,18-25)23-21(26)28-27-4-2/h11-14,24-25H,3-10,15-18H2,1-2H3,(H,23,26). The summed E-state index contributed by atoms with van der Waals surface area (Å²) in [6.45, 7) is 3.67. The van der Waals surface area contributed by atoms with Crippen molar-refractivity contribution in [2.75, 3.05) is 19.0 Å². The molecule has 0 unspecified atom stereocenters. The zero-order valence-electron chi connectivity index (χ0n) is 17.4. The van der Waals surface area contributed by atoms with Crippen LogP contribution in [0, 0.1) is 0 Å². The van der Waals surface area contributed by atoms with E-state index >= 15 is 0 Å². The lowest BCUT2D eigenvalue weighted by Crippen LogP contribution is -2.53. The molecule has 4 nitrogen and oxygen atoms in total. The van der Waals surface area contributed by atoms with Gasteiger partial charge in [0.25, 0.3) is 5.24 Å². The summed E-state index contributed by atoms with van der Waals surface area (Å²) in [7, 11) is 2.56. The highest BCUT2D eigenvalue weighted by atomic mass is 33.1. The molecule has 0 fully saturated rings. The van der Waals surface area contributed by atoms with Crippen LogP contribution in [0.2, 0.25) is 0 Å². The van der Waals surface area contributed by atoms with E-state index in [1.54, 1.807) is 0 Å². The number of nitrogens with one attached hydrogen (secondary N) is 1. The molecule has 3 N–H and O–H groups in total. The van der Waals surface area contributed by atoms with Crippen molar-refractivity contribution >= 4 is 26.8 Å². The highest BCUT2D eigenvalue weighted by molar-refractivity contribution is 8.82. The third kappa shape index (κ3) is 10.2. The van der Waals surface area contributed by atoms with E-state index < -0.39 is 5.54 Å². The minimum atomic E-state index is -0.977. The second-order valence-electron chi connectivity index (χ2n) is 7.33. The fourth-order valence-corrected chi connectivity index (χ4v) is 4.35. The van der Waals surface area contributed by atoms with E-state index in [1.165, 1.54) is 54.9 Å². The first-order valence-corrected chi connectivity index (χ1v) is 12.8. The predicted molar refractivity (Wildman–Crippen MR) is 123 cm³/mol. The van der Waals surface area contributed by atoms with Gasteiger partial charge in [0.15, 0.2) is 0 Å². The number of benzene rings is 1. The zero-order valence-corrected chi connectivity index (χ0v) is 19.0. The third-order valence-electron chi connectivity index (χ3n) is 4.96. The van der Waals surface area contributed by atoms with Gasteiger partial charge >= 0.3 is 0 Å². The van der Waals surface area contributed by atoms with Gasteiger partial charge in [-0.05, 0) is 36.8 Å². The molecule has 1 rings (SSSR count). The molecule has 0 spiro atoms. The summed E-state index contributed by atoms with van der Waals surface area (Å²) in [5.74, 6) is 0.828. The number of amides is 1. The van der Waals surface area contributed by atoms with Gasteiger partial charge in [-0.2, -0.15) is 0 Å². The van der Waals surface area contributed by atoms with Crippen molar-refractivity contribution in [3.63, 3.8) is 0 Å². The van der Waals surface area contributed by atoms with Crippen LogP contribution < -0.4 is 5.32 Å². The maximum absolute atomic E-state index is 12.0. The number of hydrogen-bond acceptors (Lipinski definition) is 5. The lowest BCUT2D eigenvalue weighted by atomic mass is 9.92. The predicted octanol–water partition coefficient (Wildman–Crippen LogP) is 5.36. The van der Waals surface area contributed by atoms with E-state index in [9.17, 15) is 15.0 Å². The number of carbonyl (C=O) groups excluding carboxylic acids is 1. The Morgan fingerprint density at radius 2 is 1.50 bits per heavy atom. The molecule has 0 heterocycles. The Kier molecular flexibility index (Phi) is 13.8. The maximum atomic E-state index is 12.0. The molecule has 0 aromatic heterocycles. The first kappa shape index (κ1) is 25.3. The van der Waals surface area contributed by atoms with E-state index in [2.05, 4.69) is 36.5 Å². The number of rotatable bonds is 15. The molecular weight excluding hydrogens is 390 g/mol. The fraction of sp³-hybridized carbons (Fsp3) is 0.682. The van der Waals surface area contributed by atoms with Gasteiger partial charge < -0.3 is 15.5 Å². The lowest BCUT2D eigenvalue weighted by Gasteiger charge is -2.30. The number of aryl methyl sites for hydroxylation is 2. The van der Waals surface area contributed by atoms with Gasteiger partial charge in [-0.1, -0.05) is 81.0 Å². The Hall–Kier alpha value is -0.690. The Morgan fingerprint density at radius 1 is 0.929 bits per heavy atom. The summed E-state index contributed by atoms with van der Waals surface area (Å²) >= 11 is 0. The topological polar surface area (TPSA) is 69.6 Å². The molecule has 0 aliphatic heterocycles. The van der Waals surface area contributed by atoms with Gasteiger partial charge in [0, 0.05) is 16.5 Å². The smallest absolute Gasteiger partial charge is 0.290 e. The second kappa shape index (κ2) is 15.2. The Morgan fingerprint density at radius 3 is 2.07 bits per heavy atom. The maximum Gasteiger partial charge on any atom is 0.290 e. The second-order valence-corrected chi connectivity index (χ2v) is 9.89. The largest absolute Gasteiger partial charge is 0.394 e. The average Bonchev–Trinajstić information content (AvgIpc) is 2.73. The van der Waals surface area contributed by atoms with Crippen molar-refractivity contribution in [2.24, 2.45) is 0 Å². The van der Waals surface area contributed by atoms with Gasteiger partial charge in [0.1, 0.15) is 0 Å². The number of aliphatic hydroxyl groups is 2. The van der Waals surface area contributed by atoms with Crippen LogP contribution >= 0.6 is 21.6 Å². The van der Waals surface area contributed by atoms with Crippen molar-refractivity contribution in [2.45, 2.75) is 77.2 Å². The van der Waals surface area contributed by atoms with Crippen LogP contribution in [-0.4, -0.2) is 40.0 Å². The van der Waals surface area contributed by atoms with Crippen LogP contribution in [0.1, 0.15) is 69.9 Å². The number of carbonyl (C=O) groups is 1. The van der Waals surface area contributed by atoms with E-state index in [0.29, 0.717) is 12.8 Å². The molecule has 1 aromatic rings. The highest BCUT2D eigenvalue weighted by Crippen LogP contribution is 2.24. The summed E-state index contributed by atoms with van der Waals surface area (Å²) in [5, 5.41) is 22.1. The van der Waals surface area contributed by atoms with E-state index in [1.807, 2.05) is 6.92 Å². The highest BCUT2D eigenvalue weighted by Gasteiger charge is 2.30. The van der Waals surface area contributed by atoms with Gasteiger partial charge in [-0.3, -0.25) is 4.79 Å². The molecule has 1 amide bonds. The summed E-state index contributed by atoms with van der Waals surface area (Å²) in [5.41, 5.74) is 1.54. The van der Waals surface area contributed by atoms with Gasteiger partial charge in [0.2, 0.25) is 0 Å². The summed E-state index contributed by atoms with van der Waals surface area (Å²) in [6, 6.07) is 8.59. The van der Waals surface area contributed by atoms with Crippen LogP contribution in [0.4, 0.5) is 4.79 Å². The van der Waals surface area contributed by atoms with Crippen LogP contribution in [0.5, 0.6) is 0 Å². The monoisotopic (exact) mass is 427 g/mol. The molecule has 1 aromatic carbocycles. The quantitative estimate of drug-likeness (QED) is 0.260. The third-order valence-corrected chi connectivity index (χ3v) is 7.08. The molecule has 6 heteroatoms. The molecule has 0 atom stereocenters. The normalized spacial score (nSPS) is 11.6. The van der Waals surface area contributed by atoms with Crippen LogP contribution in [0.3, 0.4) is 0 Å². The van der Waals surface area contributed by atoms with Crippen molar-refractivity contribution in [1.82, 2.24) is 5.32 Å². The van der Waals surface area contributed by atoms with Crippen LogP contribution in [0.25, 0.3) is 0 Å². The van der Waals surface area contributed by atoms with E-state index in [0.717, 1.165) is 28.5 Å². The molecule has 0 radical (unpaired) electrons. The number of aliphatic hydroxyl groups excluding tert-OH is 2. The minimum absolute atomic E-state index is 0.218. The van der Waals surface area contributed by atoms with Crippen molar-refractivity contribution in [1.29, 1.82) is 0 Å². The molecule has 28 heavy (non-hydrogen) atoms. The first-order chi connectivity index (χ1) is 13.6. The Labute approximate surface area is 178 Å². The Bertz CT molecular complexity index is 533. The van der Waals surface area contributed by atoms with E-state index in [4.69, 9.17) is 0 Å². The lowest BCUT2D eigenvalue weighted by molar-refractivity contribution is 0.0939. The average molecular weight is 428 g/mol. The molecule has 160 valence electrons. The minimum Gasteiger partial charge on any atom is -0.394 e. The summed E-state index contributed by atoms with van der Waals surface area (Å²) in [6.07, 6.45) is 10.2. The van der Waals surface area contributed by atoms with Gasteiger partial charge in [0.05, 0.1) is 18.8 Å². The molecular formula is C22H37NO3S2. The first-order valence-electron chi connectivity index (χ1n) is 10.5. The van der Waals surface area contributed by atoms with Crippen LogP contribution in [0.15, 0.2) is 24.3 Å². The van der Waals surface area contributed by atoms with Crippen molar-refractivity contribution < 1.29 is 15.0 Å². The number of unbranched alkanes of at least 4 members (excludes halogenated alkanes) is 5. The molecule has 0 aliphatic carbocycles. The summed E-state index contributed by atoms with van der Waals surface area (Å²) < 4.78 is 0. The van der Waals surface area contributed by atoms with Crippen molar-refractivity contribution in [3.8, 4) is 0 Å². The zero-order chi connectivity index (χ0) is 20.7.